The molecule has 2 N–H and O–H groups in total. The molecule has 0 bridgehead atoms. The average molecular weight is 408 g/mol. The van der Waals surface area contributed by atoms with Gasteiger partial charge >= 0.3 is 0 Å². The van der Waals surface area contributed by atoms with E-state index in [0.717, 1.165) is 34.9 Å². The van der Waals surface area contributed by atoms with Crippen LogP contribution in [0.4, 0.5) is 5.69 Å². The van der Waals surface area contributed by atoms with Crippen molar-refractivity contribution in [2.24, 2.45) is 5.92 Å². The Morgan fingerprint density at radius 1 is 1.20 bits per heavy atom. The van der Waals surface area contributed by atoms with Crippen LogP contribution < -0.4 is 5.32 Å². The van der Waals surface area contributed by atoms with Crippen molar-refractivity contribution in [3.8, 4) is 0 Å². The number of aromatic amines is 1. The van der Waals surface area contributed by atoms with Crippen LogP contribution in [0.25, 0.3) is 10.9 Å². The van der Waals surface area contributed by atoms with Gasteiger partial charge in [0.25, 0.3) is 5.69 Å². The molecule has 0 aliphatic carbocycles. The second-order valence-corrected chi connectivity index (χ2v) is 8.08. The lowest BCUT2D eigenvalue weighted by atomic mass is 9.87. The number of rotatable bonds is 9. The smallest absolute Gasteiger partial charge is 0.269 e. The normalized spacial score (nSPS) is 12.3. The van der Waals surface area contributed by atoms with E-state index >= 15 is 0 Å². The SMILES string of the molecule is CCc1cccc2c(C(CC(=O)NCCC(C)C)c3cccc([N+](=O)[O-])c3)c[nH]c12. The Morgan fingerprint density at radius 2 is 1.97 bits per heavy atom. The van der Waals surface area contributed by atoms with Crippen molar-refractivity contribution < 1.29 is 9.72 Å². The van der Waals surface area contributed by atoms with Crippen LogP contribution in [0.2, 0.25) is 0 Å². The first-order chi connectivity index (χ1) is 14.4. The molecule has 1 heterocycles. The van der Waals surface area contributed by atoms with Crippen LogP contribution in [0.5, 0.6) is 0 Å². The van der Waals surface area contributed by atoms with E-state index in [1.165, 1.54) is 11.6 Å². The van der Waals surface area contributed by atoms with E-state index in [1.807, 2.05) is 24.4 Å². The summed E-state index contributed by atoms with van der Waals surface area (Å²) < 4.78 is 0. The fourth-order valence-electron chi connectivity index (χ4n) is 3.84. The first-order valence-corrected chi connectivity index (χ1v) is 10.5. The summed E-state index contributed by atoms with van der Waals surface area (Å²) in [6.07, 6.45) is 3.99. The van der Waals surface area contributed by atoms with Crippen LogP contribution in [0, 0.1) is 16.0 Å². The van der Waals surface area contributed by atoms with Crippen molar-refractivity contribution in [2.45, 2.75) is 46.0 Å². The third kappa shape index (κ3) is 4.87. The molecule has 0 aliphatic rings. The first kappa shape index (κ1) is 21.6. The molecular weight excluding hydrogens is 378 g/mol. The first-order valence-electron chi connectivity index (χ1n) is 10.5. The molecule has 1 amide bonds. The predicted molar refractivity (Wildman–Crippen MR) is 120 cm³/mol. The maximum atomic E-state index is 12.7. The number of nitrogens with zero attached hydrogens (tertiary/aromatic N) is 1. The van der Waals surface area contributed by atoms with Crippen molar-refractivity contribution in [2.75, 3.05) is 6.54 Å². The second-order valence-electron chi connectivity index (χ2n) is 8.08. The number of carbonyl (C=O) groups is 1. The molecule has 6 nitrogen and oxygen atoms in total. The highest BCUT2D eigenvalue weighted by Gasteiger charge is 2.23. The van der Waals surface area contributed by atoms with Crippen molar-refractivity contribution >= 4 is 22.5 Å². The quantitative estimate of drug-likeness (QED) is 0.371. The van der Waals surface area contributed by atoms with Crippen LogP contribution in [0.15, 0.2) is 48.7 Å². The standard InChI is InChI=1S/C24H29N3O3/c1-4-17-7-6-10-20-22(15-26-24(17)20)21(14-23(28)25-12-11-16(2)3)18-8-5-9-19(13-18)27(29)30/h5-10,13,15-16,21,26H,4,11-12,14H2,1-3H3,(H,25,28). The fourth-order valence-corrected chi connectivity index (χ4v) is 3.84. The van der Waals surface area contributed by atoms with Crippen molar-refractivity contribution in [1.82, 2.24) is 10.3 Å². The summed E-state index contributed by atoms with van der Waals surface area (Å²) in [4.78, 5) is 27.0. The Balaban J connectivity index is 1.99. The molecule has 0 radical (unpaired) electrons. The van der Waals surface area contributed by atoms with Gasteiger partial charge < -0.3 is 10.3 Å². The zero-order valence-corrected chi connectivity index (χ0v) is 17.8. The van der Waals surface area contributed by atoms with E-state index < -0.39 is 4.92 Å². The summed E-state index contributed by atoms with van der Waals surface area (Å²) in [6, 6.07) is 12.8. The number of amides is 1. The van der Waals surface area contributed by atoms with E-state index in [1.54, 1.807) is 12.1 Å². The van der Waals surface area contributed by atoms with Gasteiger partial charge in [-0.15, -0.1) is 0 Å². The minimum Gasteiger partial charge on any atom is -0.361 e. The van der Waals surface area contributed by atoms with Gasteiger partial charge in [0.2, 0.25) is 5.91 Å². The monoisotopic (exact) mass is 407 g/mol. The number of nitrogens with one attached hydrogen (secondary N) is 2. The molecule has 0 saturated carbocycles. The van der Waals surface area contributed by atoms with Gasteiger partial charge in [-0.2, -0.15) is 0 Å². The highest BCUT2D eigenvalue weighted by Crippen LogP contribution is 2.35. The molecule has 3 aromatic rings. The number of carbonyl (C=O) groups excluding carboxylic acids is 1. The molecule has 1 unspecified atom stereocenters. The minimum atomic E-state index is -0.395. The number of aryl methyl sites for hydroxylation is 1. The Kier molecular flexibility index (Phi) is 6.87. The molecule has 0 aliphatic heterocycles. The fraction of sp³-hybridized carbons (Fsp3) is 0.375. The number of nitro groups is 1. The molecule has 0 fully saturated rings. The maximum Gasteiger partial charge on any atom is 0.269 e. The number of aromatic nitrogens is 1. The lowest BCUT2D eigenvalue weighted by Crippen LogP contribution is -2.27. The number of hydrogen-bond donors (Lipinski definition) is 2. The van der Waals surface area contributed by atoms with Crippen LogP contribution >= 0.6 is 0 Å². The van der Waals surface area contributed by atoms with E-state index in [4.69, 9.17) is 0 Å². The van der Waals surface area contributed by atoms with Crippen molar-refractivity contribution in [1.29, 1.82) is 0 Å². The molecular formula is C24H29N3O3. The van der Waals surface area contributed by atoms with Gasteiger partial charge in [0.15, 0.2) is 0 Å². The number of non-ortho nitro benzene ring substituents is 1. The van der Waals surface area contributed by atoms with E-state index in [2.05, 4.69) is 37.1 Å². The summed E-state index contributed by atoms with van der Waals surface area (Å²) in [5.41, 5.74) is 4.06. The number of para-hydroxylation sites is 1. The van der Waals surface area contributed by atoms with Gasteiger partial charge in [-0.05, 0) is 35.4 Å². The minimum absolute atomic E-state index is 0.0341. The van der Waals surface area contributed by atoms with Crippen LogP contribution in [-0.4, -0.2) is 22.4 Å². The summed E-state index contributed by atoms with van der Waals surface area (Å²) in [7, 11) is 0. The summed E-state index contributed by atoms with van der Waals surface area (Å²) >= 11 is 0. The van der Waals surface area contributed by atoms with Gasteiger partial charge in [0, 0.05) is 48.1 Å². The summed E-state index contributed by atoms with van der Waals surface area (Å²) in [5.74, 6) is 0.192. The number of hydrogen-bond acceptors (Lipinski definition) is 3. The van der Waals surface area contributed by atoms with E-state index in [0.29, 0.717) is 12.5 Å². The molecule has 0 saturated heterocycles. The Morgan fingerprint density at radius 3 is 2.67 bits per heavy atom. The van der Waals surface area contributed by atoms with Gasteiger partial charge in [-0.25, -0.2) is 0 Å². The van der Waals surface area contributed by atoms with Crippen LogP contribution in [0.1, 0.15) is 56.2 Å². The van der Waals surface area contributed by atoms with Gasteiger partial charge in [-0.3, -0.25) is 14.9 Å². The van der Waals surface area contributed by atoms with Crippen molar-refractivity contribution in [3.63, 3.8) is 0 Å². The molecule has 2 aromatic carbocycles. The van der Waals surface area contributed by atoms with Gasteiger partial charge in [0.1, 0.15) is 0 Å². The van der Waals surface area contributed by atoms with E-state index in [9.17, 15) is 14.9 Å². The molecule has 6 heteroatoms. The highest BCUT2D eigenvalue weighted by atomic mass is 16.6. The molecule has 3 rings (SSSR count). The number of nitro benzene ring substituents is 1. The van der Waals surface area contributed by atoms with Crippen LogP contribution in [-0.2, 0) is 11.2 Å². The Hall–Kier alpha value is -3.15. The predicted octanol–water partition coefficient (Wildman–Crippen LogP) is 5.32. The Labute approximate surface area is 176 Å². The molecule has 1 aromatic heterocycles. The molecule has 0 spiro atoms. The van der Waals surface area contributed by atoms with Gasteiger partial charge in [-0.1, -0.05) is 51.1 Å². The van der Waals surface area contributed by atoms with Crippen LogP contribution in [0.3, 0.4) is 0 Å². The molecule has 30 heavy (non-hydrogen) atoms. The number of H-pyrrole nitrogens is 1. The topological polar surface area (TPSA) is 88.0 Å². The summed E-state index contributed by atoms with van der Waals surface area (Å²) in [5, 5.41) is 15.4. The number of fused-ring (bicyclic) bond motifs is 1. The van der Waals surface area contributed by atoms with E-state index in [-0.39, 0.29) is 23.9 Å². The third-order valence-electron chi connectivity index (χ3n) is 5.51. The lowest BCUT2D eigenvalue weighted by molar-refractivity contribution is -0.384. The maximum absolute atomic E-state index is 12.7. The van der Waals surface area contributed by atoms with Crippen molar-refractivity contribution in [3.05, 3.63) is 75.5 Å². The molecule has 158 valence electrons. The summed E-state index contributed by atoms with van der Waals surface area (Å²) in [6.45, 7) is 6.98. The third-order valence-corrected chi connectivity index (χ3v) is 5.51. The highest BCUT2D eigenvalue weighted by molar-refractivity contribution is 5.88. The zero-order chi connectivity index (χ0) is 21.7. The lowest BCUT2D eigenvalue weighted by Gasteiger charge is -2.17. The Bertz CT molecular complexity index is 1040. The average Bonchev–Trinajstić information content (AvgIpc) is 3.15. The number of benzene rings is 2. The molecule has 1 atom stereocenters. The second kappa shape index (κ2) is 9.57. The largest absolute Gasteiger partial charge is 0.361 e. The van der Waals surface area contributed by atoms with Gasteiger partial charge in [0.05, 0.1) is 4.92 Å². The zero-order valence-electron chi connectivity index (χ0n) is 17.8.